The van der Waals surface area contributed by atoms with E-state index in [2.05, 4.69) is 15.5 Å². The van der Waals surface area contributed by atoms with Crippen LogP contribution in [0.1, 0.15) is 0 Å². The zero-order chi connectivity index (χ0) is 10.8. The Morgan fingerprint density at radius 2 is 1.93 bits per heavy atom. The molecule has 1 aromatic heterocycles. The second kappa shape index (κ2) is 3.64. The first-order chi connectivity index (χ1) is 7.18. The van der Waals surface area contributed by atoms with Crippen LogP contribution in [-0.2, 0) is 0 Å². The lowest BCUT2D eigenvalue weighted by Gasteiger charge is -2.05. The molecule has 2 aromatic rings. The molecule has 0 unspecified atom stereocenters. The van der Waals surface area contributed by atoms with Crippen LogP contribution in [0.4, 0.5) is 24.5 Å². The molecule has 0 aliphatic rings. The van der Waals surface area contributed by atoms with E-state index in [-0.39, 0.29) is 5.69 Å². The second-order valence-corrected chi connectivity index (χ2v) is 2.83. The molecule has 0 aliphatic carbocycles. The number of hydrogen-bond acceptors (Lipinski definition) is 2. The van der Waals surface area contributed by atoms with Crippen LogP contribution in [0.5, 0.6) is 0 Å². The van der Waals surface area contributed by atoms with E-state index >= 15 is 0 Å². The van der Waals surface area contributed by atoms with Crippen LogP contribution in [0, 0.1) is 17.5 Å². The molecule has 78 valence electrons. The summed E-state index contributed by atoms with van der Waals surface area (Å²) in [6, 6.07) is 1.96. The van der Waals surface area contributed by atoms with Crippen LogP contribution in [0.25, 0.3) is 0 Å². The standard InChI is InChI=1S/C9H6F3N3/c10-6-1-2-7(9(12)8(6)11)15-5-3-13-14-4-5/h1-4,15H,(H,13,14). The molecular weight excluding hydrogens is 207 g/mol. The van der Waals surface area contributed by atoms with Gasteiger partial charge in [0.15, 0.2) is 17.5 Å². The van der Waals surface area contributed by atoms with Crippen LogP contribution >= 0.6 is 0 Å². The summed E-state index contributed by atoms with van der Waals surface area (Å²) >= 11 is 0. The summed E-state index contributed by atoms with van der Waals surface area (Å²) in [5.74, 6) is -3.97. The lowest BCUT2D eigenvalue weighted by Crippen LogP contribution is -1.97. The first-order valence-corrected chi connectivity index (χ1v) is 4.08. The van der Waals surface area contributed by atoms with Crippen molar-refractivity contribution in [1.29, 1.82) is 0 Å². The number of nitrogens with one attached hydrogen (secondary N) is 2. The zero-order valence-corrected chi connectivity index (χ0v) is 7.39. The van der Waals surface area contributed by atoms with Crippen molar-refractivity contribution in [3.05, 3.63) is 42.0 Å². The van der Waals surface area contributed by atoms with Crippen LogP contribution in [0.2, 0.25) is 0 Å². The molecule has 1 heterocycles. The molecule has 0 bridgehead atoms. The predicted octanol–water partition coefficient (Wildman–Crippen LogP) is 2.57. The van der Waals surface area contributed by atoms with E-state index in [0.717, 1.165) is 12.1 Å². The molecule has 2 N–H and O–H groups in total. The number of nitrogens with zero attached hydrogens (tertiary/aromatic N) is 1. The quantitative estimate of drug-likeness (QED) is 0.752. The Labute approximate surface area is 82.9 Å². The molecule has 0 aliphatic heterocycles. The summed E-state index contributed by atoms with van der Waals surface area (Å²) in [6.07, 6.45) is 2.85. The van der Waals surface area contributed by atoms with Crippen molar-refractivity contribution < 1.29 is 13.2 Å². The minimum atomic E-state index is -1.50. The van der Waals surface area contributed by atoms with E-state index in [1.165, 1.54) is 12.4 Å². The van der Waals surface area contributed by atoms with Gasteiger partial charge in [0, 0.05) is 6.20 Å². The lowest BCUT2D eigenvalue weighted by atomic mass is 10.2. The van der Waals surface area contributed by atoms with Gasteiger partial charge >= 0.3 is 0 Å². The fourth-order valence-electron chi connectivity index (χ4n) is 1.10. The van der Waals surface area contributed by atoms with Crippen molar-refractivity contribution >= 4 is 11.4 Å². The third-order valence-electron chi connectivity index (χ3n) is 1.81. The van der Waals surface area contributed by atoms with Crippen molar-refractivity contribution in [2.45, 2.75) is 0 Å². The molecule has 0 saturated carbocycles. The number of halogens is 3. The Bertz CT molecular complexity index is 468. The third-order valence-corrected chi connectivity index (χ3v) is 1.81. The smallest absolute Gasteiger partial charge is 0.196 e. The SMILES string of the molecule is Fc1ccc(Nc2cn[nH]c2)c(F)c1F. The van der Waals surface area contributed by atoms with Crippen molar-refractivity contribution in [2.75, 3.05) is 5.32 Å². The molecule has 0 saturated heterocycles. The molecule has 1 aromatic carbocycles. The highest BCUT2D eigenvalue weighted by atomic mass is 19.2. The van der Waals surface area contributed by atoms with Gasteiger partial charge in [0.25, 0.3) is 0 Å². The van der Waals surface area contributed by atoms with Gasteiger partial charge in [0.2, 0.25) is 0 Å². The molecule has 15 heavy (non-hydrogen) atoms. The first kappa shape index (κ1) is 9.57. The number of rotatable bonds is 2. The minimum absolute atomic E-state index is 0.143. The van der Waals surface area contributed by atoms with Crippen molar-refractivity contribution in [3.63, 3.8) is 0 Å². The summed E-state index contributed by atoms with van der Waals surface area (Å²) < 4.78 is 38.5. The van der Waals surface area contributed by atoms with Crippen LogP contribution in [0.3, 0.4) is 0 Å². The minimum Gasteiger partial charge on any atom is -0.350 e. The van der Waals surface area contributed by atoms with E-state index in [9.17, 15) is 13.2 Å². The maximum absolute atomic E-state index is 13.1. The van der Waals surface area contributed by atoms with Crippen molar-refractivity contribution in [3.8, 4) is 0 Å². The first-order valence-electron chi connectivity index (χ1n) is 4.08. The van der Waals surface area contributed by atoms with E-state index in [0.29, 0.717) is 5.69 Å². The second-order valence-electron chi connectivity index (χ2n) is 2.83. The average molecular weight is 213 g/mol. The van der Waals surface area contributed by atoms with Crippen molar-refractivity contribution in [2.24, 2.45) is 0 Å². The summed E-state index contributed by atoms with van der Waals surface area (Å²) in [7, 11) is 0. The third kappa shape index (κ3) is 1.78. The molecule has 2 rings (SSSR count). The fraction of sp³-hybridized carbons (Fsp3) is 0. The highest BCUT2D eigenvalue weighted by molar-refractivity contribution is 5.58. The van der Waals surface area contributed by atoms with Gasteiger partial charge in [-0.05, 0) is 12.1 Å². The highest BCUT2D eigenvalue weighted by Gasteiger charge is 2.13. The number of aromatic amines is 1. The number of hydrogen-bond donors (Lipinski definition) is 2. The Morgan fingerprint density at radius 1 is 1.13 bits per heavy atom. The Balaban J connectivity index is 2.34. The van der Waals surface area contributed by atoms with Gasteiger partial charge < -0.3 is 5.32 Å². The van der Waals surface area contributed by atoms with Crippen LogP contribution in [-0.4, -0.2) is 10.2 Å². The largest absolute Gasteiger partial charge is 0.350 e. The topological polar surface area (TPSA) is 40.7 Å². The van der Waals surface area contributed by atoms with E-state index in [1.54, 1.807) is 0 Å². The molecular formula is C9H6F3N3. The maximum atomic E-state index is 13.1. The molecule has 3 nitrogen and oxygen atoms in total. The van der Waals surface area contributed by atoms with Gasteiger partial charge in [0.1, 0.15) is 0 Å². The molecule has 0 amide bonds. The van der Waals surface area contributed by atoms with Gasteiger partial charge in [-0.2, -0.15) is 5.10 Å². The van der Waals surface area contributed by atoms with Crippen molar-refractivity contribution in [1.82, 2.24) is 10.2 Å². The molecule has 0 atom stereocenters. The molecule has 0 radical (unpaired) electrons. The predicted molar refractivity (Wildman–Crippen MR) is 48.2 cm³/mol. The lowest BCUT2D eigenvalue weighted by molar-refractivity contribution is 0.449. The van der Waals surface area contributed by atoms with Gasteiger partial charge in [-0.3, -0.25) is 5.10 Å². The molecule has 0 spiro atoms. The number of aromatic nitrogens is 2. The zero-order valence-electron chi connectivity index (χ0n) is 7.39. The Hall–Kier alpha value is -1.98. The maximum Gasteiger partial charge on any atom is 0.196 e. The number of anilines is 2. The van der Waals surface area contributed by atoms with E-state index in [4.69, 9.17) is 0 Å². The summed E-state index contributed by atoms with van der Waals surface area (Å²) in [4.78, 5) is 0. The summed E-state index contributed by atoms with van der Waals surface area (Å²) in [5, 5.41) is 8.65. The Kier molecular flexibility index (Phi) is 2.32. The number of benzene rings is 1. The van der Waals surface area contributed by atoms with Gasteiger partial charge in [0.05, 0.1) is 17.6 Å². The number of H-pyrrole nitrogens is 1. The molecule has 6 heteroatoms. The van der Waals surface area contributed by atoms with E-state index < -0.39 is 17.5 Å². The normalized spacial score (nSPS) is 10.3. The fourth-order valence-corrected chi connectivity index (χ4v) is 1.10. The van der Waals surface area contributed by atoms with E-state index in [1.807, 2.05) is 0 Å². The summed E-state index contributed by atoms with van der Waals surface area (Å²) in [6.45, 7) is 0. The summed E-state index contributed by atoms with van der Waals surface area (Å²) in [5.41, 5.74) is 0.315. The highest BCUT2D eigenvalue weighted by Crippen LogP contribution is 2.22. The monoisotopic (exact) mass is 213 g/mol. The van der Waals surface area contributed by atoms with Gasteiger partial charge in [-0.15, -0.1) is 0 Å². The van der Waals surface area contributed by atoms with Gasteiger partial charge in [-0.1, -0.05) is 0 Å². The van der Waals surface area contributed by atoms with Crippen LogP contribution < -0.4 is 5.32 Å². The van der Waals surface area contributed by atoms with Crippen LogP contribution in [0.15, 0.2) is 24.5 Å². The van der Waals surface area contributed by atoms with Gasteiger partial charge in [-0.25, -0.2) is 13.2 Å². The molecule has 0 fully saturated rings. The Morgan fingerprint density at radius 3 is 2.60 bits per heavy atom. The average Bonchev–Trinajstić information content (AvgIpc) is 2.72.